The van der Waals surface area contributed by atoms with Gasteiger partial charge in [-0.2, -0.15) is 0 Å². The van der Waals surface area contributed by atoms with Gasteiger partial charge in [-0.25, -0.2) is 0 Å². The Hall–Kier alpha value is -0.380. The highest BCUT2D eigenvalue weighted by atomic mass is 16.3. The van der Waals surface area contributed by atoms with Crippen LogP contribution < -0.4 is 0 Å². The third-order valence-electron chi connectivity index (χ3n) is 3.95. The molecule has 3 heteroatoms. The summed E-state index contributed by atoms with van der Waals surface area (Å²) in [5.41, 5.74) is 0. The van der Waals surface area contributed by atoms with E-state index >= 15 is 0 Å². The van der Waals surface area contributed by atoms with Crippen molar-refractivity contribution in [3.63, 3.8) is 0 Å². The van der Waals surface area contributed by atoms with Crippen molar-refractivity contribution in [2.75, 3.05) is 19.6 Å². The van der Waals surface area contributed by atoms with E-state index in [0.717, 1.165) is 24.3 Å². The van der Waals surface area contributed by atoms with Crippen LogP contribution in [-0.2, 0) is 0 Å². The number of hydrogen-bond acceptors (Lipinski definition) is 3. The number of aliphatic hydroxyl groups is 2. The zero-order chi connectivity index (χ0) is 12.4. The molecule has 2 aliphatic carbocycles. The lowest BCUT2D eigenvalue weighted by molar-refractivity contribution is 0.0710. The summed E-state index contributed by atoms with van der Waals surface area (Å²) in [5.74, 6) is 2.26. The molecule has 1 fully saturated rings. The second-order valence-corrected chi connectivity index (χ2v) is 5.96. The van der Waals surface area contributed by atoms with Crippen LogP contribution in [0.3, 0.4) is 0 Å². The molecule has 2 aliphatic rings. The summed E-state index contributed by atoms with van der Waals surface area (Å²) in [6, 6.07) is 0. The quantitative estimate of drug-likeness (QED) is 0.686. The van der Waals surface area contributed by atoms with Gasteiger partial charge in [-0.3, -0.25) is 4.90 Å². The normalized spacial score (nSPS) is 34.5. The molecular formula is C14H25NO2. The Morgan fingerprint density at radius 3 is 2.18 bits per heavy atom. The highest BCUT2D eigenvalue weighted by Gasteiger charge is 2.36. The fraction of sp³-hybridized carbons (Fsp3) is 0.857. The van der Waals surface area contributed by atoms with Crippen molar-refractivity contribution in [1.29, 1.82) is 0 Å². The van der Waals surface area contributed by atoms with Crippen molar-refractivity contribution in [3.8, 4) is 0 Å². The topological polar surface area (TPSA) is 43.7 Å². The summed E-state index contributed by atoms with van der Waals surface area (Å²) in [5, 5.41) is 19.0. The number of rotatable bonds is 6. The van der Waals surface area contributed by atoms with Gasteiger partial charge in [-0.1, -0.05) is 12.2 Å². The number of nitrogens with zero attached hydrogens (tertiary/aromatic N) is 1. The van der Waals surface area contributed by atoms with E-state index in [9.17, 15) is 10.2 Å². The Balaban J connectivity index is 1.86. The third kappa shape index (κ3) is 3.54. The molecule has 0 aromatic heterocycles. The van der Waals surface area contributed by atoms with Crippen LogP contribution in [0.5, 0.6) is 0 Å². The van der Waals surface area contributed by atoms with Gasteiger partial charge < -0.3 is 10.2 Å². The number of hydrogen-bond donors (Lipinski definition) is 2. The average Bonchev–Trinajstić information content (AvgIpc) is 2.76. The molecule has 0 aromatic carbocycles. The van der Waals surface area contributed by atoms with E-state index in [1.807, 2.05) is 13.8 Å². The molecule has 0 spiro atoms. The average molecular weight is 239 g/mol. The summed E-state index contributed by atoms with van der Waals surface area (Å²) in [6.07, 6.45) is 6.70. The van der Waals surface area contributed by atoms with Gasteiger partial charge >= 0.3 is 0 Å². The van der Waals surface area contributed by atoms with E-state index < -0.39 is 0 Å². The highest BCUT2D eigenvalue weighted by molar-refractivity contribution is 5.10. The Bertz CT molecular complexity index is 265. The molecule has 2 bridgehead atoms. The first kappa shape index (κ1) is 13.1. The first-order valence-electron chi connectivity index (χ1n) is 6.81. The molecule has 0 saturated heterocycles. The van der Waals surface area contributed by atoms with Crippen molar-refractivity contribution >= 4 is 0 Å². The molecule has 17 heavy (non-hydrogen) atoms. The number of fused-ring (bicyclic) bond motifs is 2. The molecule has 0 radical (unpaired) electrons. The minimum Gasteiger partial charge on any atom is -0.392 e. The lowest BCUT2D eigenvalue weighted by Gasteiger charge is -2.30. The second-order valence-electron chi connectivity index (χ2n) is 5.96. The van der Waals surface area contributed by atoms with Crippen LogP contribution in [0.1, 0.15) is 26.7 Å². The fourth-order valence-corrected chi connectivity index (χ4v) is 3.41. The molecule has 2 rings (SSSR count). The SMILES string of the molecule is C[C@@H](O)CN(C[C@@H]1C[C@@H]2C=C[C@@H]1C2)C[C@@H](C)O. The molecule has 0 unspecified atom stereocenters. The zero-order valence-electron chi connectivity index (χ0n) is 10.9. The van der Waals surface area contributed by atoms with Crippen LogP contribution in [0.25, 0.3) is 0 Å². The van der Waals surface area contributed by atoms with Crippen molar-refractivity contribution in [1.82, 2.24) is 4.90 Å². The van der Waals surface area contributed by atoms with Gasteiger partial charge in [0.25, 0.3) is 0 Å². The van der Waals surface area contributed by atoms with Gasteiger partial charge in [0.05, 0.1) is 12.2 Å². The van der Waals surface area contributed by atoms with E-state index in [1.165, 1.54) is 12.8 Å². The zero-order valence-corrected chi connectivity index (χ0v) is 10.9. The molecule has 0 amide bonds. The smallest absolute Gasteiger partial charge is 0.0639 e. The predicted octanol–water partition coefficient (Wildman–Crippen LogP) is 1.26. The van der Waals surface area contributed by atoms with Crippen LogP contribution in [0.2, 0.25) is 0 Å². The van der Waals surface area contributed by atoms with Crippen molar-refractivity contribution in [2.24, 2.45) is 17.8 Å². The van der Waals surface area contributed by atoms with E-state index in [2.05, 4.69) is 17.1 Å². The standard InChI is InChI=1S/C14H25NO2/c1-10(16)7-15(8-11(2)17)9-14-6-12-3-4-13(14)5-12/h3-4,10-14,16-17H,5-9H2,1-2H3/t10-,11-,12-,13-,14+/m1/s1. The van der Waals surface area contributed by atoms with E-state index in [0.29, 0.717) is 13.1 Å². The molecule has 2 N–H and O–H groups in total. The van der Waals surface area contributed by atoms with E-state index in [-0.39, 0.29) is 12.2 Å². The van der Waals surface area contributed by atoms with Gasteiger partial charge in [-0.15, -0.1) is 0 Å². The minimum absolute atomic E-state index is 0.317. The summed E-state index contributed by atoms with van der Waals surface area (Å²) in [4.78, 5) is 2.22. The van der Waals surface area contributed by atoms with Crippen molar-refractivity contribution in [2.45, 2.75) is 38.9 Å². The van der Waals surface area contributed by atoms with Crippen LogP contribution in [-0.4, -0.2) is 47.0 Å². The van der Waals surface area contributed by atoms with Gasteiger partial charge in [-0.05, 0) is 44.4 Å². The minimum atomic E-state index is -0.317. The number of aliphatic hydroxyl groups excluding tert-OH is 2. The molecule has 5 atom stereocenters. The molecule has 0 aromatic rings. The van der Waals surface area contributed by atoms with Gasteiger partial charge in [0, 0.05) is 19.6 Å². The largest absolute Gasteiger partial charge is 0.392 e. The van der Waals surface area contributed by atoms with Gasteiger partial charge in [0.15, 0.2) is 0 Å². The second kappa shape index (κ2) is 5.51. The first-order chi connectivity index (χ1) is 8.04. The van der Waals surface area contributed by atoms with Gasteiger partial charge in [0.1, 0.15) is 0 Å². The predicted molar refractivity (Wildman–Crippen MR) is 68.6 cm³/mol. The maximum atomic E-state index is 9.50. The van der Waals surface area contributed by atoms with Crippen LogP contribution in [0, 0.1) is 17.8 Å². The van der Waals surface area contributed by atoms with E-state index in [1.54, 1.807) is 0 Å². The van der Waals surface area contributed by atoms with Crippen LogP contribution in [0.4, 0.5) is 0 Å². The van der Waals surface area contributed by atoms with E-state index in [4.69, 9.17) is 0 Å². The van der Waals surface area contributed by atoms with Crippen LogP contribution >= 0.6 is 0 Å². The Morgan fingerprint density at radius 1 is 1.12 bits per heavy atom. The summed E-state index contributed by atoms with van der Waals surface area (Å²) in [7, 11) is 0. The lowest BCUT2D eigenvalue weighted by atomic mass is 9.93. The lowest BCUT2D eigenvalue weighted by Crippen LogP contribution is -2.40. The third-order valence-corrected chi connectivity index (χ3v) is 3.95. The molecule has 0 aliphatic heterocycles. The maximum Gasteiger partial charge on any atom is 0.0639 e. The fourth-order valence-electron chi connectivity index (χ4n) is 3.41. The molecule has 0 heterocycles. The van der Waals surface area contributed by atoms with Crippen molar-refractivity contribution in [3.05, 3.63) is 12.2 Å². The first-order valence-corrected chi connectivity index (χ1v) is 6.81. The summed E-state index contributed by atoms with van der Waals surface area (Å²) < 4.78 is 0. The maximum absolute atomic E-state index is 9.50. The summed E-state index contributed by atoms with van der Waals surface area (Å²) >= 11 is 0. The monoisotopic (exact) mass is 239 g/mol. The summed E-state index contributed by atoms with van der Waals surface area (Å²) in [6.45, 7) is 5.98. The van der Waals surface area contributed by atoms with Crippen LogP contribution in [0.15, 0.2) is 12.2 Å². The molecule has 1 saturated carbocycles. The number of allylic oxidation sites excluding steroid dienone is 2. The Kier molecular flexibility index (Phi) is 4.23. The molecule has 98 valence electrons. The van der Waals surface area contributed by atoms with Crippen molar-refractivity contribution < 1.29 is 10.2 Å². The molecular weight excluding hydrogens is 214 g/mol. The highest BCUT2D eigenvalue weighted by Crippen LogP contribution is 2.43. The Labute approximate surface area is 104 Å². The molecule has 3 nitrogen and oxygen atoms in total. The Morgan fingerprint density at radius 2 is 1.76 bits per heavy atom. The van der Waals surface area contributed by atoms with Gasteiger partial charge in [0.2, 0.25) is 0 Å².